The zero-order valence-electron chi connectivity index (χ0n) is 12.7. The number of piperidine rings is 1. The van der Waals surface area contributed by atoms with Crippen molar-refractivity contribution in [3.8, 4) is 0 Å². The van der Waals surface area contributed by atoms with Crippen molar-refractivity contribution in [2.45, 2.75) is 19.8 Å². The largest absolute Gasteiger partial charge is 0.384 e. The van der Waals surface area contributed by atoms with Gasteiger partial charge in [-0.1, -0.05) is 15.9 Å². The van der Waals surface area contributed by atoms with Crippen molar-refractivity contribution in [2.24, 2.45) is 5.41 Å². The van der Waals surface area contributed by atoms with E-state index in [0.29, 0.717) is 13.2 Å². The van der Waals surface area contributed by atoms with E-state index in [1.807, 2.05) is 25.1 Å². The van der Waals surface area contributed by atoms with Gasteiger partial charge in [-0.05, 0) is 56.6 Å². The number of nitrogens with one attached hydrogen (secondary N) is 2. The summed E-state index contributed by atoms with van der Waals surface area (Å²) in [5.41, 5.74) is 1.77. The standard InChI is InChI=1S/C16H23BrN2O2/c1-12-9-13(17)3-4-14(12)15(20)19-10-16(11-21-2)5-7-18-8-6-16/h3-4,9,18H,5-8,10-11H2,1-2H3,(H,19,20). The molecule has 4 nitrogen and oxygen atoms in total. The smallest absolute Gasteiger partial charge is 0.251 e. The normalized spacial score (nSPS) is 17.5. The molecule has 1 aliphatic heterocycles. The van der Waals surface area contributed by atoms with Crippen LogP contribution in [0.5, 0.6) is 0 Å². The van der Waals surface area contributed by atoms with Crippen molar-refractivity contribution in [2.75, 3.05) is 33.4 Å². The molecule has 0 atom stereocenters. The van der Waals surface area contributed by atoms with Gasteiger partial charge in [-0.25, -0.2) is 0 Å². The molecule has 0 aromatic heterocycles. The van der Waals surface area contributed by atoms with Gasteiger partial charge in [0.25, 0.3) is 5.91 Å². The average Bonchev–Trinajstić information content (AvgIpc) is 2.46. The average molecular weight is 355 g/mol. The van der Waals surface area contributed by atoms with Crippen LogP contribution in [-0.4, -0.2) is 39.3 Å². The predicted molar refractivity (Wildman–Crippen MR) is 87.6 cm³/mol. The first-order valence-corrected chi connectivity index (χ1v) is 8.10. The third-order valence-electron chi connectivity index (χ3n) is 4.17. The summed E-state index contributed by atoms with van der Waals surface area (Å²) in [7, 11) is 1.73. The van der Waals surface area contributed by atoms with Gasteiger partial charge in [0.05, 0.1) is 6.61 Å². The SMILES string of the molecule is COCC1(CNC(=O)c2ccc(Br)cc2C)CCNCC1. The topological polar surface area (TPSA) is 50.4 Å². The molecule has 0 aliphatic carbocycles. The van der Waals surface area contributed by atoms with Crippen LogP contribution in [0.25, 0.3) is 0 Å². The lowest BCUT2D eigenvalue weighted by Crippen LogP contribution is -2.47. The van der Waals surface area contributed by atoms with Crippen molar-refractivity contribution in [3.63, 3.8) is 0 Å². The van der Waals surface area contributed by atoms with Crippen LogP contribution in [0, 0.1) is 12.3 Å². The molecule has 1 heterocycles. The molecule has 116 valence electrons. The van der Waals surface area contributed by atoms with Crippen molar-refractivity contribution in [1.29, 1.82) is 0 Å². The number of benzene rings is 1. The molecular weight excluding hydrogens is 332 g/mol. The zero-order valence-corrected chi connectivity index (χ0v) is 14.3. The van der Waals surface area contributed by atoms with Crippen molar-refractivity contribution in [3.05, 3.63) is 33.8 Å². The van der Waals surface area contributed by atoms with Gasteiger partial charge in [0, 0.05) is 29.1 Å². The van der Waals surface area contributed by atoms with Crippen LogP contribution in [0.1, 0.15) is 28.8 Å². The Hall–Kier alpha value is -0.910. The minimum Gasteiger partial charge on any atom is -0.384 e. The highest BCUT2D eigenvalue weighted by molar-refractivity contribution is 9.10. The maximum absolute atomic E-state index is 12.4. The lowest BCUT2D eigenvalue weighted by atomic mass is 9.79. The van der Waals surface area contributed by atoms with Crippen LogP contribution in [0.2, 0.25) is 0 Å². The van der Waals surface area contributed by atoms with Gasteiger partial charge in [-0.15, -0.1) is 0 Å². The highest BCUT2D eigenvalue weighted by atomic mass is 79.9. The summed E-state index contributed by atoms with van der Waals surface area (Å²) in [5.74, 6) is -0.00555. The summed E-state index contributed by atoms with van der Waals surface area (Å²) in [6.07, 6.45) is 2.06. The fraction of sp³-hybridized carbons (Fsp3) is 0.562. The maximum atomic E-state index is 12.4. The molecule has 5 heteroatoms. The molecule has 1 aromatic carbocycles. The van der Waals surface area contributed by atoms with E-state index < -0.39 is 0 Å². The van der Waals surface area contributed by atoms with Crippen molar-refractivity contribution >= 4 is 21.8 Å². The van der Waals surface area contributed by atoms with Crippen LogP contribution >= 0.6 is 15.9 Å². The minimum atomic E-state index is -0.00555. The Balaban J connectivity index is 2.01. The van der Waals surface area contributed by atoms with E-state index in [4.69, 9.17) is 4.74 Å². The third kappa shape index (κ3) is 4.28. The van der Waals surface area contributed by atoms with Gasteiger partial charge in [-0.2, -0.15) is 0 Å². The lowest BCUT2D eigenvalue weighted by molar-refractivity contribution is 0.0511. The van der Waals surface area contributed by atoms with E-state index in [2.05, 4.69) is 26.6 Å². The molecule has 1 saturated heterocycles. The minimum absolute atomic E-state index is 0.00555. The zero-order chi connectivity index (χ0) is 15.3. The first-order chi connectivity index (χ1) is 10.1. The summed E-state index contributed by atoms with van der Waals surface area (Å²) >= 11 is 3.42. The second-order valence-corrected chi connectivity index (χ2v) is 6.74. The number of carbonyl (C=O) groups is 1. The van der Waals surface area contributed by atoms with E-state index in [0.717, 1.165) is 41.5 Å². The third-order valence-corrected chi connectivity index (χ3v) is 4.67. The Morgan fingerprint density at radius 2 is 2.14 bits per heavy atom. The Morgan fingerprint density at radius 1 is 1.43 bits per heavy atom. The summed E-state index contributed by atoms with van der Waals surface area (Å²) in [5, 5.41) is 6.45. The number of amides is 1. The molecule has 1 aromatic rings. The van der Waals surface area contributed by atoms with Crippen molar-refractivity contribution in [1.82, 2.24) is 10.6 Å². The molecule has 0 spiro atoms. The Bertz CT molecular complexity index is 494. The molecule has 2 N–H and O–H groups in total. The second-order valence-electron chi connectivity index (χ2n) is 5.82. The van der Waals surface area contributed by atoms with Gasteiger partial charge in [-0.3, -0.25) is 4.79 Å². The van der Waals surface area contributed by atoms with Crippen molar-refractivity contribution < 1.29 is 9.53 Å². The highest BCUT2D eigenvalue weighted by Gasteiger charge is 2.32. The van der Waals surface area contributed by atoms with Crippen LogP contribution in [-0.2, 0) is 4.74 Å². The predicted octanol–water partition coefficient (Wildman–Crippen LogP) is 2.50. The molecule has 21 heavy (non-hydrogen) atoms. The monoisotopic (exact) mass is 354 g/mol. The quantitative estimate of drug-likeness (QED) is 0.853. The number of hydrogen-bond donors (Lipinski definition) is 2. The molecular formula is C16H23BrN2O2. The van der Waals surface area contributed by atoms with Crippen LogP contribution in [0.15, 0.2) is 22.7 Å². The van der Waals surface area contributed by atoms with Crippen LogP contribution in [0.3, 0.4) is 0 Å². The van der Waals surface area contributed by atoms with E-state index in [1.54, 1.807) is 7.11 Å². The molecule has 0 saturated carbocycles. The van der Waals surface area contributed by atoms with Gasteiger partial charge in [0.2, 0.25) is 0 Å². The number of rotatable bonds is 5. The Labute approximate surface area is 134 Å². The van der Waals surface area contributed by atoms with E-state index >= 15 is 0 Å². The number of aryl methyl sites for hydroxylation is 1. The Morgan fingerprint density at radius 3 is 2.76 bits per heavy atom. The van der Waals surface area contributed by atoms with E-state index in [1.165, 1.54) is 0 Å². The van der Waals surface area contributed by atoms with Gasteiger partial charge < -0.3 is 15.4 Å². The fourth-order valence-electron chi connectivity index (χ4n) is 2.88. The van der Waals surface area contributed by atoms with Gasteiger partial charge in [0.15, 0.2) is 0 Å². The van der Waals surface area contributed by atoms with E-state index in [9.17, 15) is 4.79 Å². The van der Waals surface area contributed by atoms with Crippen LogP contribution < -0.4 is 10.6 Å². The number of methoxy groups -OCH3 is 1. The molecule has 0 unspecified atom stereocenters. The summed E-state index contributed by atoms with van der Waals surface area (Å²) in [6, 6.07) is 5.72. The lowest BCUT2D eigenvalue weighted by Gasteiger charge is -2.37. The second kappa shape index (κ2) is 7.38. The number of ether oxygens (including phenoxy) is 1. The maximum Gasteiger partial charge on any atom is 0.251 e. The van der Waals surface area contributed by atoms with Gasteiger partial charge in [0.1, 0.15) is 0 Å². The molecule has 1 aliphatic rings. The Kier molecular flexibility index (Phi) is 5.79. The molecule has 0 bridgehead atoms. The fourth-order valence-corrected chi connectivity index (χ4v) is 3.36. The molecule has 1 fully saturated rings. The molecule has 1 amide bonds. The number of hydrogen-bond acceptors (Lipinski definition) is 3. The first kappa shape index (κ1) is 16.5. The number of carbonyl (C=O) groups excluding carboxylic acids is 1. The van der Waals surface area contributed by atoms with Gasteiger partial charge >= 0.3 is 0 Å². The number of halogens is 1. The van der Waals surface area contributed by atoms with E-state index in [-0.39, 0.29) is 11.3 Å². The molecule has 2 rings (SSSR count). The summed E-state index contributed by atoms with van der Waals surface area (Å²) in [4.78, 5) is 12.4. The summed E-state index contributed by atoms with van der Waals surface area (Å²) in [6.45, 7) is 5.27. The summed E-state index contributed by atoms with van der Waals surface area (Å²) < 4.78 is 6.37. The first-order valence-electron chi connectivity index (χ1n) is 7.30. The van der Waals surface area contributed by atoms with Crippen LogP contribution in [0.4, 0.5) is 0 Å². The molecule has 0 radical (unpaired) electrons. The highest BCUT2D eigenvalue weighted by Crippen LogP contribution is 2.28.